The van der Waals surface area contributed by atoms with Crippen LogP contribution in [0.1, 0.15) is 1.43 Å². The van der Waals surface area contributed by atoms with Crippen molar-refractivity contribution in [2.24, 2.45) is 0 Å². The van der Waals surface area contributed by atoms with Crippen molar-refractivity contribution < 1.29 is 48.7 Å². The van der Waals surface area contributed by atoms with Crippen molar-refractivity contribution in [2.75, 3.05) is 6.61 Å². The average molecular weight is 202 g/mol. The van der Waals surface area contributed by atoms with Crippen LogP contribution in [0.2, 0.25) is 0 Å². The van der Waals surface area contributed by atoms with E-state index in [1.54, 1.807) is 0 Å². The molecule has 0 spiro atoms. The van der Waals surface area contributed by atoms with Gasteiger partial charge in [-0.3, -0.25) is 4.18 Å². The maximum atomic E-state index is 10.7. The molecule has 12 heavy (non-hydrogen) atoms. The predicted molar refractivity (Wildman–Crippen MR) is 42.4 cm³/mol. The third-order valence-corrected chi connectivity index (χ3v) is 2.10. The summed E-state index contributed by atoms with van der Waals surface area (Å²) in [5.41, 5.74) is -1.66. The molecular weight excluding hydrogens is 191 g/mol. The van der Waals surface area contributed by atoms with Gasteiger partial charge in [-0.2, -0.15) is 8.42 Å². The number of aliphatic hydroxyl groups is 1. The quantitative estimate of drug-likeness (QED) is 0.296. The maximum Gasteiger partial charge on any atom is 1.00 e. The minimum absolute atomic E-state index is 0. The van der Waals surface area contributed by atoms with Gasteiger partial charge in [-0.25, -0.2) is 0 Å². The molecule has 0 fully saturated rings. The van der Waals surface area contributed by atoms with Crippen molar-refractivity contribution in [2.45, 2.75) is 5.44 Å². The fourth-order valence-electron chi connectivity index (χ4n) is 0.331. The van der Waals surface area contributed by atoms with Gasteiger partial charge in [-0.1, -0.05) is 12.7 Å². The Kier molecular flexibility index (Phi) is 8.44. The van der Waals surface area contributed by atoms with Gasteiger partial charge in [0.25, 0.3) is 10.1 Å². The standard InChI is InChI=1S/C6H10O4S.Na.H/c1-3-5-10-11(8,9)6(7)4-2;;/h3-4,6-7H,1-2,5H2;;/q;+1;-1. The summed E-state index contributed by atoms with van der Waals surface area (Å²) in [6, 6.07) is 0. The summed E-state index contributed by atoms with van der Waals surface area (Å²) >= 11 is 0. The molecule has 0 aromatic rings. The first-order valence-corrected chi connectivity index (χ1v) is 4.31. The van der Waals surface area contributed by atoms with Gasteiger partial charge in [-0.05, 0) is 6.08 Å². The molecule has 0 aliphatic carbocycles. The number of aliphatic hydroxyl groups excluding tert-OH is 1. The van der Waals surface area contributed by atoms with E-state index in [1.807, 2.05) is 0 Å². The number of rotatable bonds is 5. The summed E-state index contributed by atoms with van der Waals surface area (Å²) < 4.78 is 25.7. The molecule has 1 unspecified atom stereocenters. The molecule has 0 heterocycles. The minimum Gasteiger partial charge on any atom is -1.00 e. The molecule has 0 amide bonds. The molecule has 0 aromatic heterocycles. The fourth-order valence-corrected chi connectivity index (χ4v) is 0.992. The summed E-state index contributed by atoms with van der Waals surface area (Å²) in [5, 5.41) is 8.75. The normalized spacial score (nSPS) is 12.8. The van der Waals surface area contributed by atoms with E-state index in [0.717, 1.165) is 6.08 Å². The summed E-state index contributed by atoms with van der Waals surface area (Å²) in [5.74, 6) is 0. The minimum atomic E-state index is -3.91. The van der Waals surface area contributed by atoms with Crippen LogP contribution in [-0.4, -0.2) is 25.6 Å². The van der Waals surface area contributed by atoms with E-state index in [4.69, 9.17) is 5.11 Å². The van der Waals surface area contributed by atoms with Crippen LogP contribution in [0.5, 0.6) is 0 Å². The molecule has 0 bridgehead atoms. The molecule has 0 saturated heterocycles. The smallest absolute Gasteiger partial charge is 1.00 e. The van der Waals surface area contributed by atoms with Crippen molar-refractivity contribution in [3.63, 3.8) is 0 Å². The number of hydrogen-bond donors (Lipinski definition) is 1. The Labute approximate surface area is 95.8 Å². The second kappa shape index (κ2) is 6.82. The van der Waals surface area contributed by atoms with Crippen LogP contribution in [0.25, 0.3) is 0 Å². The van der Waals surface area contributed by atoms with Crippen molar-refractivity contribution >= 4 is 10.1 Å². The molecule has 6 heteroatoms. The van der Waals surface area contributed by atoms with Gasteiger partial charge >= 0.3 is 29.6 Å². The van der Waals surface area contributed by atoms with Crippen LogP contribution in [0.3, 0.4) is 0 Å². The van der Waals surface area contributed by atoms with Crippen molar-refractivity contribution in [1.29, 1.82) is 0 Å². The molecule has 0 radical (unpaired) electrons. The summed E-state index contributed by atoms with van der Waals surface area (Å²) in [6.45, 7) is 6.21. The second-order valence-electron chi connectivity index (χ2n) is 1.69. The van der Waals surface area contributed by atoms with E-state index in [2.05, 4.69) is 17.3 Å². The van der Waals surface area contributed by atoms with E-state index in [9.17, 15) is 8.42 Å². The summed E-state index contributed by atoms with van der Waals surface area (Å²) in [6.07, 6.45) is 2.14. The van der Waals surface area contributed by atoms with Crippen LogP contribution in [0.4, 0.5) is 0 Å². The monoisotopic (exact) mass is 202 g/mol. The second-order valence-corrected chi connectivity index (χ2v) is 3.40. The van der Waals surface area contributed by atoms with Crippen LogP contribution in [0, 0.1) is 0 Å². The molecule has 0 aromatic carbocycles. The third kappa shape index (κ3) is 5.08. The Bertz CT molecular complexity index is 239. The van der Waals surface area contributed by atoms with E-state index in [-0.39, 0.29) is 37.6 Å². The Hall–Kier alpha value is 0.350. The summed E-state index contributed by atoms with van der Waals surface area (Å²) in [7, 11) is -3.91. The molecule has 1 N–H and O–H groups in total. The molecule has 4 nitrogen and oxygen atoms in total. The Morgan fingerprint density at radius 3 is 2.42 bits per heavy atom. The summed E-state index contributed by atoms with van der Waals surface area (Å²) in [4.78, 5) is 0. The van der Waals surface area contributed by atoms with Crippen molar-refractivity contribution in [3.05, 3.63) is 25.3 Å². The van der Waals surface area contributed by atoms with Gasteiger partial charge in [0.1, 0.15) is 0 Å². The maximum absolute atomic E-state index is 10.7. The first-order chi connectivity index (χ1) is 5.04. The van der Waals surface area contributed by atoms with Gasteiger partial charge in [-0.15, -0.1) is 6.58 Å². The molecule has 1 atom stereocenters. The van der Waals surface area contributed by atoms with Crippen LogP contribution in [0.15, 0.2) is 25.3 Å². The van der Waals surface area contributed by atoms with E-state index < -0.39 is 15.6 Å². The van der Waals surface area contributed by atoms with Crippen LogP contribution >= 0.6 is 0 Å². The first kappa shape index (κ1) is 14.9. The molecule has 0 aliphatic heterocycles. The van der Waals surface area contributed by atoms with E-state index >= 15 is 0 Å². The van der Waals surface area contributed by atoms with Gasteiger partial charge in [0.15, 0.2) is 5.44 Å². The van der Waals surface area contributed by atoms with Crippen molar-refractivity contribution in [3.8, 4) is 0 Å². The average Bonchev–Trinajstić information content (AvgIpc) is 1.99. The van der Waals surface area contributed by atoms with E-state index in [0.29, 0.717) is 0 Å². The van der Waals surface area contributed by atoms with Crippen LogP contribution < -0.4 is 29.6 Å². The Balaban J connectivity index is -0.000000500. The molecule has 0 rings (SSSR count). The Morgan fingerprint density at radius 1 is 1.58 bits per heavy atom. The molecular formula is C6H11NaO4S. The van der Waals surface area contributed by atoms with Crippen molar-refractivity contribution in [1.82, 2.24) is 0 Å². The van der Waals surface area contributed by atoms with Gasteiger partial charge < -0.3 is 6.53 Å². The van der Waals surface area contributed by atoms with Gasteiger partial charge in [0, 0.05) is 0 Å². The number of hydrogen-bond acceptors (Lipinski definition) is 4. The first-order valence-electron chi connectivity index (χ1n) is 2.84. The fraction of sp³-hybridized carbons (Fsp3) is 0.333. The van der Waals surface area contributed by atoms with Gasteiger partial charge in [0.05, 0.1) is 6.61 Å². The zero-order valence-electron chi connectivity index (χ0n) is 7.93. The predicted octanol–water partition coefficient (Wildman–Crippen LogP) is -2.86. The molecule has 0 saturated carbocycles. The SMILES string of the molecule is C=CCOS(=O)(=O)C(O)C=C.[H-].[Na+]. The van der Waals surface area contributed by atoms with E-state index in [1.165, 1.54) is 6.08 Å². The topological polar surface area (TPSA) is 63.6 Å². The zero-order chi connectivity index (χ0) is 8.91. The molecule has 66 valence electrons. The largest absolute Gasteiger partial charge is 1.00 e. The third-order valence-electron chi connectivity index (χ3n) is 0.848. The van der Waals surface area contributed by atoms with Gasteiger partial charge in [0.2, 0.25) is 0 Å². The molecule has 0 aliphatic rings. The van der Waals surface area contributed by atoms with Crippen LogP contribution in [-0.2, 0) is 14.3 Å². The zero-order valence-corrected chi connectivity index (χ0v) is 9.75. The Morgan fingerprint density at radius 2 is 2.08 bits per heavy atom.